The molecule has 0 rings (SSSR count). The lowest BCUT2D eigenvalue weighted by Gasteiger charge is -2.03. The highest BCUT2D eigenvalue weighted by atomic mass is 16.3. The second kappa shape index (κ2) is 13.0. The fourth-order valence-corrected chi connectivity index (χ4v) is 1.46. The molecule has 1 unspecified atom stereocenters. The molecule has 2 nitrogen and oxygen atoms in total. The molecule has 2 atom stereocenters. The van der Waals surface area contributed by atoms with Crippen molar-refractivity contribution in [3.05, 3.63) is 24.8 Å². The summed E-state index contributed by atoms with van der Waals surface area (Å²) in [5.74, 6) is 10.3. The van der Waals surface area contributed by atoms with E-state index in [1.54, 1.807) is 12.2 Å². The zero-order valence-corrected chi connectivity index (χ0v) is 11.7. The normalized spacial score (nSPS) is 13.0. The third-order valence-corrected chi connectivity index (χ3v) is 2.58. The first kappa shape index (κ1) is 17.5. The van der Waals surface area contributed by atoms with Crippen LogP contribution in [0.1, 0.15) is 45.4 Å². The first-order valence-corrected chi connectivity index (χ1v) is 6.87. The number of aliphatic hydroxyl groups excluding tert-OH is 2. The van der Waals surface area contributed by atoms with Crippen LogP contribution in [0.15, 0.2) is 24.8 Å². The molecule has 2 heteroatoms. The number of hydrogen-bond acceptors (Lipinski definition) is 2. The second-order valence-electron chi connectivity index (χ2n) is 4.35. The van der Waals surface area contributed by atoms with Gasteiger partial charge in [-0.3, -0.25) is 0 Å². The van der Waals surface area contributed by atoms with Gasteiger partial charge >= 0.3 is 0 Å². The van der Waals surface area contributed by atoms with Gasteiger partial charge < -0.3 is 10.2 Å². The van der Waals surface area contributed by atoms with E-state index in [0.717, 1.165) is 12.8 Å². The van der Waals surface area contributed by atoms with Crippen molar-refractivity contribution in [1.29, 1.82) is 0 Å². The lowest BCUT2D eigenvalue weighted by Crippen LogP contribution is -2.01. The smallest absolute Gasteiger partial charge is 0.134 e. The van der Waals surface area contributed by atoms with E-state index in [9.17, 15) is 5.11 Å². The SMILES string of the molecule is C=C[C@H](O)C#CC#C/C=C/C(O)CCCCCCC. The summed E-state index contributed by atoms with van der Waals surface area (Å²) in [6.45, 7) is 5.59. The Kier molecular flexibility index (Phi) is 12.0. The molecule has 0 spiro atoms. The highest BCUT2D eigenvalue weighted by Crippen LogP contribution is 2.07. The third kappa shape index (κ3) is 12.8. The van der Waals surface area contributed by atoms with E-state index in [0.29, 0.717) is 0 Å². The standard InChI is InChI=1S/C17H24O2/c1-3-5-6-7-11-14-17(19)15-12-9-8-10-13-16(18)4-2/h4,12,15-19H,2-3,5-7,11,14H2,1H3/b15-12+/t16-,17?/m0/s1. The minimum absolute atomic E-state index is 0.428. The fourth-order valence-electron chi connectivity index (χ4n) is 1.46. The van der Waals surface area contributed by atoms with Crippen LogP contribution in [0.4, 0.5) is 0 Å². The van der Waals surface area contributed by atoms with E-state index < -0.39 is 12.2 Å². The quantitative estimate of drug-likeness (QED) is 0.400. The number of hydrogen-bond donors (Lipinski definition) is 2. The Hall–Kier alpha value is -1.48. The van der Waals surface area contributed by atoms with E-state index >= 15 is 0 Å². The molecular formula is C17H24O2. The Labute approximate surface area is 117 Å². The van der Waals surface area contributed by atoms with Crippen molar-refractivity contribution in [2.75, 3.05) is 0 Å². The number of aliphatic hydroxyl groups is 2. The van der Waals surface area contributed by atoms with Crippen molar-refractivity contribution < 1.29 is 10.2 Å². The van der Waals surface area contributed by atoms with Crippen LogP contribution >= 0.6 is 0 Å². The van der Waals surface area contributed by atoms with E-state index in [2.05, 4.69) is 37.2 Å². The molecule has 0 aliphatic heterocycles. The summed E-state index contributed by atoms with van der Waals surface area (Å²) in [7, 11) is 0. The number of rotatable bonds is 8. The van der Waals surface area contributed by atoms with E-state index in [-0.39, 0.29) is 0 Å². The van der Waals surface area contributed by atoms with Gasteiger partial charge in [0.15, 0.2) is 0 Å². The molecular weight excluding hydrogens is 236 g/mol. The first-order valence-electron chi connectivity index (χ1n) is 6.87. The van der Waals surface area contributed by atoms with E-state index in [4.69, 9.17) is 5.11 Å². The summed E-state index contributed by atoms with van der Waals surface area (Å²) in [5, 5.41) is 18.7. The fraction of sp³-hybridized carbons (Fsp3) is 0.529. The van der Waals surface area contributed by atoms with Gasteiger partial charge in [-0.05, 0) is 30.4 Å². The Balaban J connectivity index is 3.77. The van der Waals surface area contributed by atoms with Crippen molar-refractivity contribution in [3.8, 4) is 23.7 Å². The highest BCUT2D eigenvalue weighted by molar-refractivity contribution is 5.32. The van der Waals surface area contributed by atoms with Crippen LogP contribution in [0.3, 0.4) is 0 Å². The van der Waals surface area contributed by atoms with Gasteiger partial charge in [-0.2, -0.15) is 0 Å². The predicted molar refractivity (Wildman–Crippen MR) is 80.3 cm³/mol. The molecule has 19 heavy (non-hydrogen) atoms. The molecule has 0 fully saturated rings. The zero-order chi connectivity index (χ0) is 14.3. The van der Waals surface area contributed by atoms with Crippen LogP contribution in [0, 0.1) is 23.7 Å². The molecule has 0 bridgehead atoms. The van der Waals surface area contributed by atoms with E-state index in [1.807, 2.05) is 0 Å². The van der Waals surface area contributed by atoms with Crippen molar-refractivity contribution in [2.45, 2.75) is 57.7 Å². The maximum atomic E-state index is 9.64. The van der Waals surface area contributed by atoms with Crippen LogP contribution in [-0.4, -0.2) is 22.4 Å². The molecule has 0 radical (unpaired) electrons. The molecule has 0 saturated heterocycles. The Morgan fingerprint density at radius 3 is 2.53 bits per heavy atom. The highest BCUT2D eigenvalue weighted by Gasteiger charge is 1.97. The zero-order valence-electron chi connectivity index (χ0n) is 11.7. The Morgan fingerprint density at radius 1 is 1.11 bits per heavy atom. The topological polar surface area (TPSA) is 40.5 Å². The van der Waals surface area contributed by atoms with Gasteiger partial charge in [-0.15, -0.1) is 0 Å². The average molecular weight is 260 g/mol. The molecule has 0 aliphatic carbocycles. The summed E-state index contributed by atoms with van der Waals surface area (Å²) in [5.41, 5.74) is 0. The molecule has 0 heterocycles. The first-order chi connectivity index (χ1) is 9.20. The summed E-state index contributed by atoms with van der Waals surface area (Å²) in [6, 6.07) is 0. The van der Waals surface area contributed by atoms with Crippen molar-refractivity contribution in [2.24, 2.45) is 0 Å². The molecule has 0 amide bonds. The van der Waals surface area contributed by atoms with Crippen LogP contribution in [0.5, 0.6) is 0 Å². The van der Waals surface area contributed by atoms with Gasteiger partial charge in [0.1, 0.15) is 6.10 Å². The number of unbranched alkanes of at least 4 members (excludes halogenated alkanes) is 4. The van der Waals surface area contributed by atoms with E-state index in [1.165, 1.54) is 31.8 Å². The lowest BCUT2D eigenvalue weighted by molar-refractivity contribution is 0.208. The van der Waals surface area contributed by atoms with Crippen LogP contribution in [-0.2, 0) is 0 Å². The van der Waals surface area contributed by atoms with Crippen molar-refractivity contribution >= 4 is 0 Å². The predicted octanol–water partition coefficient (Wildman–Crippen LogP) is 2.82. The van der Waals surface area contributed by atoms with Crippen molar-refractivity contribution in [1.82, 2.24) is 0 Å². The average Bonchev–Trinajstić information content (AvgIpc) is 2.42. The van der Waals surface area contributed by atoms with Gasteiger partial charge in [0.05, 0.1) is 6.10 Å². The maximum Gasteiger partial charge on any atom is 0.134 e. The third-order valence-electron chi connectivity index (χ3n) is 2.58. The van der Waals surface area contributed by atoms with Crippen LogP contribution in [0.2, 0.25) is 0 Å². The van der Waals surface area contributed by atoms with Crippen LogP contribution < -0.4 is 0 Å². The summed E-state index contributed by atoms with van der Waals surface area (Å²) in [6.07, 6.45) is 10.1. The molecule has 2 N–H and O–H groups in total. The summed E-state index contributed by atoms with van der Waals surface area (Å²) in [4.78, 5) is 0. The Morgan fingerprint density at radius 2 is 1.84 bits per heavy atom. The van der Waals surface area contributed by atoms with Gasteiger partial charge in [0, 0.05) is 0 Å². The molecule has 0 saturated carbocycles. The minimum atomic E-state index is -0.827. The second-order valence-corrected chi connectivity index (χ2v) is 4.35. The molecule has 0 aromatic rings. The lowest BCUT2D eigenvalue weighted by atomic mass is 10.1. The molecule has 0 aliphatic rings. The van der Waals surface area contributed by atoms with Crippen molar-refractivity contribution in [3.63, 3.8) is 0 Å². The summed E-state index contributed by atoms with van der Waals surface area (Å²) >= 11 is 0. The maximum absolute atomic E-state index is 9.64. The molecule has 104 valence electrons. The molecule has 0 aromatic carbocycles. The number of allylic oxidation sites excluding steroid dienone is 1. The van der Waals surface area contributed by atoms with Crippen LogP contribution in [0.25, 0.3) is 0 Å². The van der Waals surface area contributed by atoms with Gasteiger partial charge in [0.25, 0.3) is 0 Å². The molecule has 0 aromatic heterocycles. The van der Waals surface area contributed by atoms with Gasteiger partial charge in [0.2, 0.25) is 0 Å². The summed E-state index contributed by atoms with van der Waals surface area (Å²) < 4.78 is 0. The van der Waals surface area contributed by atoms with Gasteiger partial charge in [-0.25, -0.2) is 0 Å². The van der Waals surface area contributed by atoms with Gasteiger partial charge in [-0.1, -0.05) is 63.5 Å². The largest absolute Gasteiger partial charge is 0.389 e. The monoisotopic (exact) mass is 260 g/mol. The Bertz CT molecular complexity index is 374. The minimum Gasteiger partial charge on any atom is -0.389 e.